The molecule has 0 bridgehead atoms. The molecule has 2 aromatic rings. The molecule has 0 aliphatic rings. The SMILES string of the molecule is Fc1ccc(Cn2nc(Cl)c(Br)n2)cc1. The number of nitrogens with zero attached hydrogens (tertiary/aromatic N) is 3. The fourth-order valence-electron chi connectivity index (χ4n) is 1.13. The van der Waals surface area contributed by atoms with Gasteiger partial charge in [0, 0.05) is 0 Å². The van der Waals surface area contributed by atoms with Crippen LogP contribution in [0.3, 0.4) is 0 Å². The van der Waals surface area contributed by atoms with E-state index in [4.69, 9.17) is 11.6 Å². The molecule has 2 rings (SSSR count). The average molecular weight is 291 g/mol. The summed E-state index contributed by atoms with van der Waals surface area (Å²) in [5, 5.41) is 8.30. The number of aromatic nitrogens is 3. The second kappa shape index (κ2) is 4.28. The van der Waals surface area contributed by atoms with Crippen LogP contribution in [0.1, 0.15) is 5.56 Å². The highest BCUT2D eigenvalue weighted by Crippen LogP contribution is 2.16. The predicted molar refractivity (Wildman–Crippen MR) is 58.2 cm³/mol. The molecular formula is C9H6BrClFN3. The Morgan fingerprint density at radius 3 is 2.47 bits per heavy atom. The molecule has 0 amide bonds. The first-order chi connectivity index (χ1) is 7.15. The van der Waals surface area contributed by atoms with E-state index in [0.717, 1.165) is 5.56 Å². The van der Waals surface area contributed by atoms with Crippen LogP contribution in [0.15, 0.2) is 28.9 Å². The Bertz CT molecular complexity index is 449. The van der Waals surface area contributed by atoms with Crippen LogP contribution in [-0.4, -0.2) is 15.0 Å². The molecule has 0 radical (unpaired) electrons. The van der Waals surface area contributed by atoms with E-state index < -0.39 is 0 Å². The van der Waals surface area contributed by atoms with E-state index in [1.165, 1.54) is 16.9 Å². The zero-order valence-corrected chi connectivity index (χ0v) is 9.83. The Labute approximate surface area is 99.0 Å². The van der Waals surface area contributed by atoms with Crippen LogP contribution in [0.2, 0.25) is 5.15 Å². The van der Waals surface area contributed by atoms with Gasteiger partial charge in [-0.1, -0.05) is 23.7 Å². The Kier molecular flexibility index (Phi) is 3.02. The molecule has 0 fully saturated rings. The van der Waals surface area contributed by atoms with Gasteiger partial charge in [-0.15, -0.1) is 10.2 Å². The molecule has 78 valence electrons. The number of hydrogen-bond donors (Lipinski definition) is 0. The van der Waals surface area contributed by atoms with E-state index in [-0.39, 0.29) is 5.82 Å². The topological polar surface area (TPSA) is 30.7 Å². The Balaban J connectivity index is 2.18. The van der Waals surface area contributed by atoms with Crippen LogP contribution >= 0.6 is 27.5 Å². The van der Waals surface area contributed by atoms with Crippen LogP contribution in [0.5, 0.6) is 0 Å². The maximum atomic E-state index is 12.6. The van der Waals surface area contributed by atoms with E-state index in [9.17, 15) is 4.39 Å². The largest absolute Gasteiger partial charge is 0.207 e. The molecule has 0 N–H and O–H groups in total. The van der Waals surface area contributed by atoms with Crippen molar-refractivity contribution in [2.24, 2.45) is 0 Å². The molecule has 0 aliphatic carbocycles. The Hall–Kier alpha value is -0.940. The van der Waals surface area contributed by atoms with Gasteiger partial charge >= 0.3 is 0 Å². The lowest BCUT2D eigenvalue weighted by Gasteiger charge is -1.99. The van der Waals surface area contributed by atoms with E-state index in [0.29, 0.717) is 16.3 Å². The number of hydrogen-bond acceptors (Lipinski definition) is 2. The monoisotopic (exact) mass is 289 g/mol. The molecule has 0 atom stereocenters. The number of halogens is 3. The van der Waals surface area contributed by atoms with Gasteiger partial charge in [0.2, 0.25) is 0 Å². The molecule has 1 aromatic carbocycles. The molecular weight excluding hydrogens is 284 g/mol. The highest BCUT2D eigenvalue weighted by molar-refractivity contribution is 9.10. The fourth-order valence-corrected chi connectivity index (χ4v) is 1.52. The summed E-state index contributed by atoms with van der Waals surface area (Å²) in [6.07, 6.45) is 0. The number of benzene rings is 1. The lowest BCUT2D eigenvalue weighted by Crippen LogP contribution is -2.03. The van der Waals surface area contributed by atoms with Crippen LogP contribution < -0.4 is 0 Å². The minimum atomic E-state index is -0.258. The lowest BCUT2D eigenvalue weighted by atomic mass is 10.2. The average Bonchev–Trinajstić information content (AvgIpc) is 2.50. The maximum Gasteiger partial charge on any atom is 0.185 e. The zero-order chi connectivity index (χ0) is 10.8. The minimum Gasteiger partial charge on any atom is -0.207 e. The van der Waals surface area contributed by atoms with Crippen molar-refractivity contribution in [2.45, 2.75) is 6.54 Å². The fraction of sp³-hybridized carbons (Fsp3) is 0.111. The van der Waals surface area contributed by atoms with Gasteiger partial charge in [-0.05, 0) is 33.6 Å². The maximum absolute atomic E-state index is 12.6. The summed E-state index contributed by atoms with van der Waals surface area (Å²) in [7, 11) is 0. The lowest BCUT2D eigenvalue weighted by molar-refractivity contribution is 0.585. The van der Waals surface area contributed by atoms with Crippen LogP contribution in [0.4, 0.5) is 4.39 Å². The third-order valence-corrected chi connectivity index (χ3v) is 2.83. The Morgan fingerprint density at radius 1 is 1.27 bits per heavy atom. The quantitative estimate of drug-likeness (QED) is 0.851. The minimum absolute atomic E-state index is 0.258. The summed E-state index contributed by atoms with van der Waals surface area (Å²) in [5.74, 6) is -0.258. The molecule has 1 aromatic heterocycles. The van der Waals surface area contributed by atoms with Crippen LogP contribution in [-0.2, 0) is 6.54 Å². The zero-order valence-electron chi connectivity index (χ0n) is 7.49. The normalized spacial score (nSPS) is 10.6. The van der Waals surface area contributed by atoms with Gasteiger partial charge in [0.1, 0.15) is 5.82 Å². The van der Waals surface area contributed by atoms with Gasteiger partial charge in [0.15, 0.2) is 9.76 Å². The first-order valence-corrected chi connectivity index (χ1v) is 5.33. The molecule has 15 heavy (non-hydrogen) atoms. The predicted octanol–water partition coefficient (Wildman–Crippen LogP) is 2.88. The van der Waals surface area contributed by atoms with Crippen molar-refractivity contribution < 1.29 is 4.39 Å². The summed E-state index contributed by atoms with van der Waals surface area (Å²) in [6, 6.07) is 6.16. The summed E-state index contributed by atoms with van der Waals surface area (Å²) in [6.45, 7) is 0.464. The summed E-state index contributed by atoms with van der Waals surface area (Å²) >= 11 is 8.87. The molecule has 0 aliphatic heterocycles. The summed E-state index contributed by atoms with van der Waals surface area (Å²) in [4.78, 5) is 1.44. The molecule has 0 spiro atoms. The first kappa shape index (κ1) is 10.6. The van der Waals surface area contributed by atoms with Gasteiger partial charge in [-0.3, -0.25) is 0 Å². The van der Waals surface area contributed by atoms with Crippen LogP contribution in [0, 0.1) is 5.82 Å². The van der Waals surface area contributed by atoms with E-state index >= 15 is 0 Å². The molecule has 6 heteroatoms. The van der Waals surface area contributed by atoms with Crippen molar-refractivity contribution in [2.75, 3.05) is 0 Å². The summed E-state index contributed by atoms with van der Waals surface area (Å²) in [5.41, 5.74) is 0.913. The molecule has 0 unspecified atom stereocenters. The molecule has 0 saturated carbocycles. The van der Waals surface area contributed by atoms with Crippen molar-refractivity contribution in [1.82, 2.24) is 15.0 Å². The van der Waals surface area contributed by atoms with E-state index in [2.05, 4.69) is 26.1 Å². The molecule has 1 heterocycles. The second-order valence-corrected chi connectivity index (χ2v) is 4.05. The summed E-state index contributed by atoms with van der Waals surface area (Å²) < 4.78 is 13.1. The molecule has 3 nitrogen and oxygen atoms in total. The van der Waals surface area contributed by atoms with E-state index in [1.54, 1.807) is 12.1 Å². The second-order valence-electron chi connectivity index (χ2n) is 2.94. The van der Waals surface area contributed by atoms with Crippen molar-refractivity contribution in [1.29, 1.82) is 0 Å². The van der Waals surface area contributed by atoms with Crippen molar-refractivity contribution in [3.63, 3.8) is 0 Å². The van der Waals surface area contributed by atoms with Crippen LogP contribution in [0.25, 0.3) is 0 Å². The third kappa shape index (κ3) is 2.54. The Morgan fingerprint density at radius 2 is 1.93 bits per heavy atom. The molecule has 0 saturated heterocycles. The van der Waals surface area contributed by atoms with E-state index in [1.807, 2.05) is 0 Å². The van der Waals surface area contributed by atoms with Gasteiger partial charge in [0.05, 0.1) is 6.54 Å². The van der Waals surface area contributed by atoms with Gasteiger partial charge in [-0.25, -0.2) is 4.39 Å². The van der Waals surface area contributed by atoms with Crippen molar-refractivity contribution in [3.8, 4) is 0 Å². The van der Waals surface area contributed by atoms with Crippen molar-refractivity contribution >= 4 is 27.5 Å². The third-order valence-electron chi connectivity index (χ3n) is 1.81. The van der Waals surface area contributed by atoms with Gasteiger partial charge in [0.25, 0.3) is 0 Å². The van der Waals surface area contributed by atoms with Gasteiger partial charge < -0.3 is 0 Å². The first-order valence-electron chi connectivity index (χ1n) is 4.16. The standard InChI is InChI=1S/C9H6BrClFN3/c10-8-9(11)14-15(13-8)5-6-1-3-7(12)4-2-6/h1-4H,5H2. The van der Waals surface area contributed by atoms with Crippen molar-refractivity contribution in [3.05, 3.63) is 45.4 Å². The highest BCUT2D eigenvalue weighted by Gasteiger charge is 2.05. The van der Waals surface area contributed by atoms with Gasteiger partial charge in [-0.2, -0.15) is 4.80 Å². The smallest absolute Gasteiger partial charge is 0.185 e. The number of rotatable bonds is 2. The highest BCUT2D eigenvalue weighted by atomic mass is 79.9.